The Hall–Kier alpha value is -7.44. The summed E-state index contributed by atoms with van der Waals surface area (Å²) in [5.41, 5.74) is 7.90. The summed E-state index contributed by atoms with van der Waals surface area (Å²) in [4.78, 5) is 4.84. The summed E-state index contributed by atoms with van der Waals surface area (Å²) in [6.07, 6.45) is 5.48. The van der Waals surface area contributed by atoms with Crippen LogP contribution in [0.5, 0.6) is 11.5 Å². The van der Waals surface area contributed by atoms with Crippen LogP contribution in [0.15, 0.2) is 180 Å². The zero-order valence-corrected chi connectivity index (χ0v) is 32.0. The van der Waals surface area contributed by atoms with Crippen molar-refractivity contribution in [2.75, 3.05) is 0 Å². The second kappa shape index (κ2) is 13.1. The quantitative estimate of drug-likeness (QED) is 0.125. The standard InChI is InChI=1S/C52H38N4O2/c1-52(2,3)35-28-29-53-49(30-35)56-43-20-9-7-18-40(43)41-25-24-38(32-46(41)56)57-37-17-13-16-36(31-37)54-33-55(45-22-11-10-21-44(45)54)51-39(34-14-5-4-6-15-34)26-27-48-50(51)42-19-8-12-23-47(42)58-48/h4-32H,1-3H3/i4D,5D,6D,14D,15D. The Labute approximate surface area is 342 Å². The monoisotopic (exact) mass is 755 g/mol. The molecule has 0 saturated carbocycles. The van der Waals surface area contributed by atoms with E-state index in [0.29, 0.717) is 33.9 Å². The molecule has 0 saturated heterocycles. The van der Waals surface area contributed by atoms with Gasteiger partial charge in [-0.15, -0.1) is 0 Å². The molecule has 0 unspecified atom stereocenters. The molecule has 0 atom stereocenters. The average Bonchev–Trinajstić information content (AvgIpc) is 3.97. The van der Waals surface area contributed by atoms with Crippen molar-refractivity contribution in [2.24, 2.45) is 0 Å². The van der Waals surface area contributed by atoms with Crippen molar-refractivity contribution >= 4 is 54.8 Å². The number of fused-ring (bicyclic) bond motifs is 7. The van der Waals surface area contributed by atoms with Gasteiger partial charge in [0.25, 0.3) is 6.33 Å². The molecule has 11 rings (SSSR count). The molecule has 4 aromatic heterocycles. The van der Waals surface area contributed by atoms with E-state index in [2.05, 4.69) is 74.1 Å². The third-order valence-corrected chi connectivity index (χ3v) is 10.9. The van der Waals surface area contributed by atoms with Crippen molar-refractivity contribution in [1.29, 1.82) is 0 Å². The number of para-hydroxylation sites is 4. The Morgan fingerprint density at radius 1 is 0.672 bits per heavy atom. The van der Waals surface area contributed by atoms with Crippen LogP contribution in [0, 0.1) is 6.33 Å². The fourth-order valence-corrected chi connectivity index (χ4v) is 8.12. The molecule has 0 amide bonds. The van der Waals surface area contributed by atoms with Crippen LogP contribution >= 0.6 is 0 Å². The summed E-state index contributed by atoms with van der Waals surface area (Å²) < 4.78 is 62.5. The Bertz CT molecular complexity index is 3640. The molecule has 0 spiro atoms. The third kappa shape index (κ3) is 5.48. The third-order valence-electron chi connectivity index (χ3n) is 10.9. The van der Waals surface area contributed by atoms with Gasteiger partial charge in [0.05, 0.1) is 40.3 Å². The second-order valence-electron chi connectivity index (χ2n) is 15.5. The number of ether oxygens (including phenoxy) is 1. The van der Waals surface area contributed by atoms with E-state index in [1.165, 1.54) is 5.56 Å². The van der Waals surface area contributed by atoms with Gasteiger partial charge in [-0.1, -0.05) is 124 Å². The van der Waals surface area contributed by atoms with Crippen LogP contribution < -0.4 is 9.30 Å². The number of nitrogens with zero attached hydrogens (tertiary/aromatic N) is 4. The van der Waals surface area contributed by atoms with E-state index in [4.69, 9.17) is 21.0 Å². The van der Waals surface area contributed by atoms with E-state index in [9.17, 15) is 0 Å². The Kier molecular flexibility index (Phi) is 6.51. The molecule has 11 aromatic rings. The lowest BCUT2D eigenvalue weighted by Gasteiger charge is -2.20. The number of furan rings is 1. The molecular weight excluding hydrogens is 713 g/mol. The van der Waals surface area contributed by atoms with Gasteiger partial charge in [-0.2, -0.15) is 0 Å². The molecule has 0 radical (unpaired) electrons. The van der Waals surface area contributed by atoms with E-state index >= 15 is 0 Å². The smallest absolute Gasteiger partial charge is 0.269 e. The Balaban J connectivity index is 1.07. The number of rotatable bonds is 6. The lowest BCUT2D eigenvalue weighted by molar-refractivity contribution is -0.570. The number of aromatic nitrogens is 4. The average molecular weight is 756 g/mol. The highest BCUT2D eigenvalue weighted by Gasteiger charge is 2.22. The highest BCUT2D eigenvalue weighted by Crippen LogP contribution is 2.39. The molecule has 278 valence electrons. The molecule has 0 aliphatic carbocycles. The van der Waals surface area contributed by atoms with Gasteiger partial charge in [-0.05, 0) is 82.8 Å². The van der Waals surface area contributed by atoms with Crippen molar-refractivity contribution in [1.82, 2.24) is 14.1 Å². The van der Waals surface area contributed by atoms with Crippen LogP contribution in [0.4, 0.5) is 0 Å². The fraction of sp³-hybridized carbons (Fsp3) is 0.0769. The van der Waals surface area contributed by atoms with Crippen LogP contribution in [0.25, 0.3) is 83.1 Å². The molecular formula is C52H38N4O2. The van der Waals surface area contributed by atoms with Gasteiger partial charge >= 0.3 is 0 Å². The van der Waals surface area contributed by atoms with Crippen molar-refractivity contribution in [3.05, 3.63) is 188 Å². The largest absolute Gasteiger partial charge is 0.458 e. The van der Waals surface area contributed by atoms with Crippen molar-refractivity contribution in [3.63, 3.8) is 0 Å². The van der Waals surface area contributed by atoms with E-state index in [1.54, 1.807) is 12.1 Å². The predicted molar refractivity (Wildman–Crippen MR) is 234 cm³/mol. The number of hydrogen-bond acceptors (Lipinski definition) is 3. The number of pyridine rings is 1. The van der Waals surface area contributed by atoms with Crippen molar-refractivity contribution < 1.29 is 20.6 Å². The van der Waals surface area contributed by atoms with Crippen LogP contribution in [-0.4, -0.2) is 14.1 Å². The zero-order chi connectivity index (χ0) is 43.3. The van der Waals surface area contributed by atoms with Gasteiger partial charge in [0.2, 0.25) is 0 Å². The van der Waals surface area contributed by atoms with Crippen molar-refractivity contribution in [2.45, 2.75) is 26.2 Å². The highest BCUT2D eigenvalue weighted by atomic mass is 16.5. The van der Waals surface area contributed by atoms with Gasteiger partial charge < -0.3 is 9.15 Å². The summed E-state index contributed by atoms with van der Waals surface area (Å²) in [6.45, 7) is 6.61. The van der Waals surface area contributed by atoms with Gasteiger partial charge in [0.15, 0.2) is 0 Å². The highest BCUT2D eigenvalue weighted by molar-refractivity contribution is 6.11. The minimum atomic E-state index is -0.451. The number of benzene rings is 7. The minimum Gasteiger partial charge on any atom is -0.458 e. The maximum atomic E-state index is 9.00. The van der Waals surface area contributed by atoms with E-state index < -0.39 is 18.1 Å². The first-order valence-electron chi connectivity index (χ1n) is 21.7. The second-order valence-corrected chi connectivity index (χ2v) is 15.5. The zero-order valence-electron chi connectivity index (χ0n) is 37.0. The summed E-state index contributed by atoms with van der Waals surface area (Å²) in [5, 5.41) is 3.76. The maximum Gasteiger partial charge on any atom is 0.269 e. The van der Waals surface area contributed by atoms with E-state index in [1.807, 2.05) is 100 Å². The Morgan fingerprint density at radius 3 is 2.29 bits per heavy atom. The fourth-order valence-electron chi connectivity index (χ4n) is 8.12. The molecule has 0 fully saturated rings. The van der Waals surface area contributed by atoms with Crippen molar-refractivity contribution in [3.8, 4) is 39.8 Å². The van der Waals surface area contributed by atoms with Crippen LogP contribution in [0.2, 0.25) is 0 Å². The van der Waals surface area contributed by atoms with Gasteiger partial charge in [0.1, 0.15) is 28.5 Å². The molecule has 58 heavy (non-hydrogen) atoms. The predicted octanol–water partition coefficient (Wildman–Crippen LogP) is 12.9. The lowest BCUT2D eigenvalue weighted by Crippen LogP contribution is -2.30. The summed E-state index contributed by atoms with van der Waals surface area (Å²) in [7, 11) is 0. The maximum absolute atomic E-state index is 9.00. The first-order chi connectivity index (χ1) is 30.5. The molecule has 0 aliphatic rings. The lowest BCUT2D eigenvalue weighted by atomic mass is 9.88. The first-order valence-corrected chi connectivity index (χ1v) is 19.2. The Morgan fingerprint density at radius 2 is 1.43 bits per heavy atom. The number of hydrogen-bond donors (Lipinski definition) is 0. The molecule has 0 aliphatic heterocycles. The van der Waals surface area contributed by atoms with Gasteiger partial charge in [0, 0.05) is 33.8 Å². The van der Waals surface area contributed by atoms with E-state index in [0.717, 1.165) is 55.1 Å². The molecule has 6 nitrogen and oxygen atoms in total. The minimum absolute atomic E-state index is 0.0505. The topological polar surface area (TPSA) is 49.0 Å². The number of imidazole rings is 1. The summed E-state index contributed by atoms with van der Waals surface area (Å²) in [5.74, 6) is 2.11. The summed E-state index contributed by atoms with van der Waals surface area (Å²) >= 11 is 0. The first kappa shape index (κ1) is 28.9. The van der Waals surface area contributed by atoms with Gasteiger partial charge in [-0.3, -0.25) is 13.7 Å². The van der Waals surface area contributed by atoms with Gasteiger partial charge in [-0.25, -0.2) is 4.98 Å². The van der Waals surface area contributed by atoms with Crippen LogP contribution in [-0.2, 0) is 5.41 Å². The summed E-state index contributed by atoms with van der Waals surface area (Å²) in [6, 6.07) is 43.9. The van der Waals surface area contributed by atoms with E-state index in [-0.39, 0.29) is 23.1 Å². The molecule has 6 heteroatoms. The van der Waals surface area contributed by atoms with Crippen LogP contribution in [0.1, 0.15) is 33.2 Å². The molecule has 0 bridgehead atoms. The SMILES string of the molecule is [2H]c1c([2H])c([2H])c(-c2ccc3oc4ccccc4c3c2-[n+]2[c-]n(-c3cccc(Oc4ccc5c6ccccc6n(-c6cc(C(C)(C)C)ccn6)c5c4)c3)c3ccccc32)c([2H])c1[2H]. The molecule has 4 heterocycles. The molecule has 7 aromatic carbocycles. The normalized spacial score (nSPS) is 13.3. The molecule has 0 N–H and O–H groups in total. The van der Waals surface area contributed by atoms with Crippen LogP contribution in [0.3, 0.4) is 0 Å².